The van der Waals surface area contributed by atoms with E-state index in [1.165, 1.54) is 0 Å². The summed E-state index contributed by atoms with van der Waals surface area (Å²) in [6.45, 7) is 2.70. The third kappa shape index (κ3) is 5.99. The van der Waals surface area contributed by atoms with Crippen molar-refractivity contribution >= 4 is 34.3 Å². The fourth-order valence-electron chi connectivity index (χ4n) is 3.50. The van der Waals surface area contributed by atoms with Crippen molar-refractivity contribution in [2.75, 3.05) is 42.7 Å². The van der Waals surface area contributed by atoms with Crippen LogP contribution in [0.3, 0.4) is 0 Å². The summed E-state index contributed by atoms with van der Waals surface area (Å²) in [5, 5.41) is 22.0. The highest BCUT2D eigenvalue weighted by Gasteiger charge is 2.16. The number of fused-ring (bicyclic) bond motifs is 1. The van der Waals surface area contributed by atoms with Crippen LogP contribution in [0.2, 0.25) is 0 Å². The summed E-state index contributed by atoms with van der Waals surface area (Å²) >= 11 is 0. The van der Waals surface area contributed by atoms with Crippen LogP contribution < -0.4 is 26.4 Å². The van der Waals surface area contributed by atoms with Crippen LogP contribution in [0.25, 0.3) is 5.52 Å². The lowest BCUT2D eigenvalue weighted by molar-refractivity contribution is 0.0950. The summed E-state index contributed by atoms with van der Waals surface area (Å²) < 4.78 is 12.7. The van der Waals surface area contributed by atoms with Crippen LogP contribution in [0.4, 0.5) is 27.5 Å². The van der Waals surface area contributed by atoms with Crippen LogP contribution in [-0.4, -0.2) is 47.1 Å². The molecule has 2 aromatic heterocycles. The molecule has 0 saturated carbocycles. The second-order valence-electron chi connectivity index (χ2n) is 7.72. The van der Waals surface area contributed by atoms with E-state index >= 15 is 0 Å². The fourth-order valence-corrected chi connectivity index (χ4v) is 3.50. The SMILES string of the molecule is Cc1c(NC(=O)NCCOCCO)cn2ncc(N)c(Nc3ccc(Oc4ccccc4)cc3)c12. The average molecular weight is 477 g/mol. The minimum atomic E-state index is -0.368. The zero-order valence-corrected chi connectivity index (χ0v) is 19.3. The summed E-state index contributed by atoms with van der Waals surface area (Å²) in [4.78, 5) is 12.3. The number of carbonyl (C=O) groups excluding carboxylic acids is 1. The van der Waals surface area contributed by atoms with Gasteiger partial charge in [0.1, 0.15) is 11.5 Å². The lowest BCUT2D eigenvalue weighted by atomic mass is 10.2. The van der Waals surface area contributed by atoms with Gasteiger partial charge in [-0.2, -0.15) is 5.10 Å². The molecule has 0 aliphatic carbocycles. The number of aromatic nitrogens is 2. The smallest absolute Gasteiger partial charge is 0.319 e. The molecule has 2 aromatic carbocycles. The number of nitrogens with one attached hydrogen (secondary N) is 3. The van der Waals surface area contributed by atoms with Gasteiger partial charge >= 0.3 is 6.03 Å². The number of rotatable bonds is 10. The summed E-state index contributed by atoms with van der Waals surface area (Å²) in [5.74, 6) is 1.48. The minimum Gasteiger partial charge on any atom is -0.457 e. The van der Waals surface area contributed by atoms with Gasteiger partial charge in [0.2, 0.25) is 0 Å². The van der Waals surface area contributed by atoms with E-state index in [0.717, 1.165) is 22.5 Å². The Bertz CT molecular complexity index is 1270. The van der Waals surface area contributed by atoms with E-state index in [0.29, 0.717) is 36.0 Å². The van der Waals surface area contributed by atoms with Gasteiger partial charge in [-0.15, -0.1) is 0 Å². The highest BCUT2D eigenvalue weighted by atomic mass is 16.5. The Balaban J connectivity index is 1.47. The molecule has 0 spiro atoms. The maximum atomic E-state index is 12.3. The second kappa shape index (κ2) is 11.2. The van der Waals surface area contributed by atoms with E-state index in [1.807, 2.05) is 61.5 Å². The van der Waals surface area contributed by atoms with E-state index in [2.05, 4.69) is 21.0 Å². The molecule has 6 N–H and O–H groups in total. The normalized spacial score (nSPS) is 10.8. The molecule has 0 radical (unpaired) electrons. The van der Waals surface area contributed by atoms with E-state index in [1.54, 1.807) is 16.9 Å². The van der Waals surface area contributed by atoms with Crippen LogP contribution in [0.15, 0.2) is 67.0 Å². The number of ether oxygens (including phenoxy) is 2. The number of aliphatic hydroxyl groups is 1. The highest BCUT2D eigenvalue weighted by molar-refractivity contribution is 5.96. The van der Waals surface area contributed by atoms with Gasteiger partial charge in [-0.3, -0.25) is 0 Å². The van der Waals surface area contributed by atoms with Crippen molar-refractivity contribution in [1.29, 1.82) is 0 Å². The van der Waals surface area contributed by atoms with E-state index in [9.17, 15) is 4.79 Å². The monoisotopic (exact) mass is 476 g/mol. The molecule has 10 nitrogen and oxygen atoms in total. The Morgan fingerprint density at radius 1 is 1.09 bits per heavy atom. The lowest BCUT2D eigenvalue weighted by Crippen LogP contribution is -2.31. The standard InChI is InChI=1S/C25H28N6O4/c1-17-22(30-25(33)27-11-13-34-14-12-32)16-31-24(17)23(21(26)15-28-31)29-18-7-9-20(10-8-18)35-19-5-3-2-4-6-19/h2-10,15-16,29,32H,11-14,26H2,1H3,(H2,27,30,33). The van der Waals surface area contributed by atoms with Crippen LogP contribution in [0, 0.1) is 6.92 Å². The van der Waals surface area contributed by atoms with Gasteiger partial charge in [0.25, 0.3) is 0 Å². The van der Waals surface area contributed by atoms with Gasteiger partial charge in [-0.25, -0.2) is 9.31 Å². The minimum absolute atomic E-state index is 0.0547. The van der Waals surface area contributed by atoms with Crippen LogP contribution in [-0.2, 0) is 4.74 Å². The van der Waals surface area contributed by atoms with E-state index < -0.39 is 0 Å². The summed E-state index contributed by atoms with van der Waals surface area (Å²) in [5.41, 5.74) is 10.4. The van der Waals surface area contributed by atoms with Crippen molar-refractivity contribution in [3.8, 4) is 11.5 Å². The Labute approximate surface area is 202 Å². The number of aryl methyl sites for hydroxylation is 1. The molecule has 0 fully saturated rings. The van der Waals surface area contributed by atoms with Gasteiger partial charge in [0, 0.05) is 17.8 Å². The van der Waals surface area contributed by atoms with Crippen molar-refractivity contribution in [2.45, 2.75) is 6.92 Å². The Morgan fingerprint density at radius 3 is 2.57 bits per heavy atom. The highest BCUT2D eigenvalue weighted by Crippen LogP contribution is 2.34. The number of aliphatic hydroxyl groups excluding tert-OH is 1. The first-order valence-corrected chi connectivity index (χ1v) is 11.1. The van der Waals surface area contributed by atoms with E-state index in [-0.39, 0.29) is 19.2 Å². The first-order chi connectivity index (χ1) is 17.0. The Kier molecular flexibility index (Phi) is 7.66. The zero-order chi connectivity index (χ0) is 24.6. The second-order valence-corrected chi connectivity index (χ2v) is 7.72. The van der Waals surface area contributed by atoms with Gasteiger partial charge < -0.3 is 36.3 Å². The van der Waals surface area contributed by atoms with Crippen molar-refractivity contribution in [1.82, 2.24) is 14.9 Å². The molecule has 2 heterocycles. The van der Waals surface area contributed by atoms with Crippen molar-refractivity contribution in [3.63, 3.8) is 0 Å². The fraction of sp³-hybridized carbons (Fsp3) is 0.200. The number of anilines is 4. The molecule has 2 amide bonds. The third-order valence-electron chi connectivity index (χ3n) is 5.20. The van der Waals surface area contributed by atoms with Crippen LogP contribution in [0.1, 0.15) is 5.56 Å². The summed E-state index contributed by atoms with van der Waals surface area (Å²) in [7, 11) is 0. The maximum Gasteiger partial charge on any atom is 0.319 e. The quantitative estimate of drug-likeness (QED) is 0.219. The summed E-state index contributed by atoms with van der Waals surface area (Å²) in [6, 6.07) is 16.7. The maximum absolute atomic E-state index is 12.3. The number of hydrogen-bond acceptors (Lipinski definition) is 7. The number of carbonyl (C=O) groups is 1. The number of nitrogen functional groups attached to an aromatic ring is 1. The lowest BCUT2D eigenvalue weighted by Gasteiger charge is -2.13. The van der Waals surface area contributed by atoms with Crippen molar-refractivity contribution < 1.29 is 19.4 Å². The molecule has 0 unspecified atom stereocenters. The number of benzene rings is 2. The predicted molar refractivity (Wildman–Crippen MR) is 136 cm³/mol. The Morgan fingerprint density at radius 2 is 1.83 bits per heavy atom. The van der Waals surface area contributed by atoms with Crippen LogP contribution in [0.5, 0.6) is 11.5 Å². The number of urea groups is 1. The number of amides is 2. The molecule has 0 aliphatic heterocycles. The molecule has 4 aromatic rings. The predicted octanol–water partition coefficient (Wildman–Crippen LogP) is 3.89. The molecule has 0 saturated heterocycles. The molecule has 0 aliphatic rings. The Hall–Kier alpha value is -4.28. The average Bonchev–Trinajstić information content (AvgIpc) is 3.17. The third-order valence-corrected chi connectivity index (χ3v) is 5.20. The first kappa shape index (κ1) is 23.9. The van der Waals surface area contributed by atoms with Gasteiger partial charge in [0.15, 0.2) is 0 Å². The topological polar surface area (TPSA) is 135 Å². The molecule has 35 heavy (non-hydrogen) atoms. The first-order valence-electron chi connectivity index (χ1n) is 11.1. The van der Waals surface area contributed by atoms with E-state index in [4.69, 9.17) is 20.3 Å². The van der Waals surface area contributed by atoms with Gasteiger partial charge in [0.05, 0.1) is 54.8 Å². The molecule has 0 atom stereocenters. The van der Waals surface area contributed by atoms with Crippen LogP contribution >= 0.6 is 0 Å². The number of para-hydroxylation sites is 1. The zero-order valence-electron chi connectivity index (χ0n) is 19.3. The molecule has 0 bridgehead atoms. The summed E-state index contributed by atoms with van der Waals surface area (Å²) in [6.07, 6.45) is 3.29. The van der Waals surface area contributed by atoms with Crippen molar-refractivity contribution in [2.24, 2.45) is 0 Å². The van der Waals surface area contributed by atoms with Crippen molar-refractivity contribution in [3.05, 3.63) is 72.6 Å². The molecule has 10 heteroatoms. The van der Waals surface area contributed by atoms with Gasteiger partial charge in [-0.1, -0.05) is 18.2 Å². The molecular formula is C25H28N6O4. The number of nitrogens with two attached hydrogens (primary N) is 1. The largest absolute Gasteiger partial charge is 0.457 e. The molecule has 182 valence electrons. The molecular weight excluding hydrogens is 448 g/mol. The van der Waals surface area contributed by atoms with Gasteiger partial charge in [-0.05, 0) is 43.3 Å². The number of hydrogen-bond donors (Lipinski definition) is 5. The molecule has 4 rings (SSSR count). The number of nitrogens with zero attached hydrogens (tertiary/aromatic N) is 2.